The Kier molecular flexibility index (Phi) is 7.86. The molecule has 0 bridgehead atoms. The van der Waals surface area contributed by atoms with E-state index < -0.39 is 5.79 Å². The second-order valence-electron chi connectivity index (χ2n) is 5.86. The van der Waals surface area contributed by atoms with Crippen molar-refractivity contribution in [3.63, 3.8) is 0 Å². The summed E-state index contributed by atoms with van der Waals surface area (Å²) in [6.07, 6.45) is 7.99. The summed E-state index contributed by atoms with van der Waals surface area (Å²) in [7, 11) is 0. The minimum absolute atomic E-state index is 0.0775. The Balaban J connectivity index is 2.26. The molecular weight excluding hydrogens is 248 g/mol. The van der Waals surface area contributed by atoms with Crippen LogP contribution in [0.25, 0.3) is 0 Å². The molecule has 0 aromatic heterocycles. The van der Waals surface area contributed by atoms with Gasteiger partial charge in [-0.3, -0.25) is 0 Å². The lowest BCUT2D eigenvalue weighted by molar-refractivity contribution is -0.220. The molecule has 0 aliphatic carbocycles. The van der Waals surface area contributed by atoms with E-state index in [-0.39, 0.29) is 6.10 Å². The number of unbranched alkanes of at least 4 members (excludes halogenated alkanes) is 5. The maximum atomic E-state index is 10.3. The Hall–Kier alpha value is -0.860. The standard InChI is InChI=1S/C18H30O2/c1-4-5-6-7-8-12-15-18(3,19)20-16(2)17-13-10-9-11-14-17/h9-11,13-14,16,19H,4-8,12,15H2,1-3H3. The highest BCUT2D eigenvalue weighted by Gasteiger charge is 2.23. The van der Waals surface area contributed by atoms with Gasteiger partial charge < -0.3 is 9.84 Å². The highest BCUT2D eigenvalue weighted by molar-refractivity contribution is 5.16. The van der Waals surface area contributed by atoms with Crippen LogP contribution in [-0.4, -0.2) is 10.9 Å². The molecule has 0 saturated carbocycles. The summed E-state index contributed by atoms with van der Waals surface area (Å²) in [5, 5.41) is 10.3. The van der Waals surface area contributed by atoms with E-state index in [0.29, 0.717) is 6.42 Å². The first-order valence-corrected chi connectivity index (χ1v) is 8.00. The van der Waals surface area contributed by atoms with Gasteiger partial charge in [0.2, 0.25) is 0 Å². The minimum atomic E-state index is -1.03. The van der Waals surface area contributed by atoms with Crippen molar-refractivity contribution in [2.24, 2.45) is 0 Å². The topological polar surface area (TPSA) is 29.5 Å². The molecule has 2 nitrogen and oxygen atoms in total. The molecule has 0 aliphatic rings. The lowest BCUT2D eigenvalue weighted by Gasteiger charge is -2.28. The van der Waals surface area contributed by atoms with Gasteiger partial charge in [0, 0.05) is 6.42 Å². The van der Waals surface area contributed by atoms with Crippen LogP contribution in [-0.2, 0) is 4.74 Å². The third-order valence-electron chi connectivity index (χ3n) is 3.69. The van der Waals surface area contributed by atoms with Crippen LogP contribution in [0.5, 0.6) is 0 Å². The minimum Gasteiger partial charge on any atom is -0.366 e. The zero-order chi connectivity index (χ0) is 14.8. The molecule has 2 atom stereocenters. The van der Waals surface area contributed by atoms with Crippen molar-refractivity contribution in [2.75, 3.05) is 0 Å². The van der Waals surface area contributed by atoms with Gasteiger partial charge in [-0.1, -0.05) is 69.4 Å². The lowest BCUT2D eigenvalue weighted by atomic mass is 10.1. The van der Waals surface area contributed by atoms with Crippen molar-refractivity contribution in [1.82, 2.24) is 0 Å². The van der Waals surface area contributed by atoms with E-state index in [9.17, 15) is 5.11 Å². The normalized spacial score (nSPS) is 15.8. The predicted octanol–water partition coefficient (Wildman–Crippen LogP) is 5.22. The fraction of sp³-hybridized carbons (Fsp3) is 0.667. The van der Waals surface area contributed by atoms with Crippen LogP contribution in [0.3, 0.4) is 0 Å². The van der Waals surface area contributed by atoms with E-state index in [0.717, 1.165) is 12.0 Å². The first-order chi connectivity index (χ1) is 9.55. The molecule has 2 heteroatoms. The van der Waals surface area contributed by atoms with Crippen molar-refractivity contribution in [1.29, 1.82) is 0 Å². The van der Waals surface area contributed by atoms with Gasteiger partial charge in [-0.05, 0) is 25.8 Å². The van der Waals surface area contributed by atoms with E-state index >= 15 is 0 Å². The summed E-state index contributed by atoms with van der Waals surface area (Å²) in [4.78, 5) is 0. The summed E-state index contributed by atoms with van der Waals surface area (Å²) in [6, 6.07) is 10.1. The highest BCUT2D eigenvalue weighted by atomic mass is 16.6. The molecule has 114 valence electrons. The van der Waals surface area contributed by atoms with E-state index in [1.54, 1.807) is 6.92 Å². The zero-order valence-corrected chi connectivity index (χ0v) is 13.3. The van der Waals surface area contributed by atoms with Crippen LogP contribution in [0.2, 0.25) is 0 Å². The number of hydrogen-bond donors (Lipinski definition) is 1. The maximum Gasteiger partial charge on any atom is 0.163 e. The van der Waals surface area contributed by atoms with Gasteiger partial charge in [0.15, 0.2) is 5.79 Å². The predicted molar refractivity (Wildman–Crippen MR) is 84.6 cm³/mol. The Morgan fingerprint density at radius 2 is 1.65 bits per heavy atom. The summed E-state index contributed by atoms with van der Waals surface area (Å²) in [5.41, 5.74) is 1.11. The van der Waals surface area contributed by atoms with Crippen LogP contribution < -0.4 is 0 Å². The largest absolute Gasteiger partial charge is 0.366 e. The quantitative estimate of drug-likeness (QED) is 0.469. The van der Waals surface area contributed by atoms with Crippen LogP contribution in [0, 0.1) is 0 Å². The van der Waals surface area contributed by atoms with Crippen molar-refractivity contribution in [3.8, 4) is 0 Å². The molecule has 1 rings (SSSR count). The molecule has 1 N–H and O–H groups in total. The van der Waals surface area contributed by atoms with Crippen molar-refractivity contribution >= 4 is 0 Å². The van der Waals surface area contributed by atoms with Gasteiger partial charge in [0.25, 0.3) is 0 Å². The van der Waals surface area contributed by atoms with Crippen molar-refractivity contribution in [3.05, 3.63) is 35.9 Å². The monoisotopic (exact) mass is 278 g/mol. The molecule has 0 fully saturated rings. The molecule has 0 aliphatic heterocycles. The van der Waals surface area contributed by atoms with Gasteiger partial charge in [-0.25, -0.2) is 0 Å². The Bertz CT molecular complexity index is 346. The number of benzene rings is 1. The molecule has 0 heterocycles. The molecule has 0 radical (unpaired) electrons. The lowest BCUT2D eigenvalue weighted by Crippen LogP contribution is -2.29. The van der Waals surface area contributed by atoms with Gasteiger partial charge in [-0.2, -0.15) is 0 Å². The van der Waals surface area contributed by atoms with Gasteiger partial charge >= 0.3 is 0 Å². The first kappa shape index (κ1) is 17.2. The first-order valence-electron chi connectivity index (χ1n) is 8.00. The fourth-order valence-electron chi connectivity index (χ4n) is 2.47. The summed E-state index contributed by atoms with van der Waals surface area (Å²) in [6.45, 7) is 5.99. The SMILES string of the molecule is CCCCCCCCC(C)(O)OC(C)c1ccccc1. The molecule has 2 unspecified atom stereocenters. The fourth-order valence-corrected chi connectivity index (χ4v) is 2.47. The van der Waals surface area contributed by atoms with E-state index in [1.165, 1.54) is 32.1 Å². The summed E-state index contributed by atoms with van der Waals surface area (Å²) < 4.78 is 5.81. The Morgan fingerprint density at radius 1 is 1.05 bits per heavy atom. The molecule has 0 spiro atoms. The average molecular weight is 278 g/mol. The Labute approximate surface area is 124 Å². The van der Waals surface area contributed by atoms with Gasteiger partial charge in [0.05, 0.1) is 6.10 Å². The van der Waals surface area contributed by atoms with Crippen LogP contribution >= 0.6 is 0 Å². The summed E-state index contributed by atoms with van der Waals surface area (Å²) >= 11 is 0. The highest BCUT2D eigenvalue weighted by Crippen LogP contribution is 2.26. The van der Waals surface area contributed by atoms with Gasteiger partial charge in [-0.15, -0.1) is 0 Å². The molecule has 20 heavy (non-hydrogen) atoms. The van der Waals surface area contributed by atoms with Crippen molar-refractivity contribution in [2.45, 2.75) is 77.6 Å². The number of aliphatic hydroxyl groups is 1. The van der Waals surface area contributed by atoms with Crippen LogP contribution in [0.4, 0.5) is 0 Å². The zero-order valence-electron chi connectivity index (χ0n) is 13.3. The maximum absolute atomic E-state index is 10.3. The molecule has 0 saturated heterocycles. The number of rotatable bonds is 10. The smallest absolute Gasteiger partial charge is 0.163 e. The summed E-state index contributed by atoms with van der Waals surface area (Å²) in [5.74, 6) is -1.03. The molecular formula is C18H30O2. The molecule has 1 aromatic rings. The van der Waals surface area contributed by atoms with E-state index in [4.69, 9.17) is 4.74 Å². The van der Waals surface area contributed by atoms with E-state index in [2.05, 4.69) is 6.92 Å². The third-order valence-corrected chi connectivity index (χ3v) is 3.69. The second kappa shape index (κ2) is 9.15. The number of ether oxygens (including phenoxy) is 1. The van der Waals surface area contributed by atoms with Gasteiger partial charge in [0.1, 0.15) is 0 Å². The molecule has 0 amide bonds. The Morgan fingerprint density at radius 3 is 2.30 bits per heavy atom. The molecule has 1 aromatic carbocycles. The van der Waals surface area contributed by atoms with Crippen LogP contribution in [0.1, 0.15) is 77.4 Å². The average Bonchev–Trinajstić information content (AvgIpc) is 2.43. The number of hydrogen-bond acceptors (Lipinski definition) is 2. The van der Waals surface area contributed by atoms with Crippen molar-refractivity contribution < 1.29 is 9.84 Å². The second-order valence-corrected chi connectivity index (χ2v) is 5.86. The third kappa shape index (κ3) is 7.06. The van der Waals surface area contributed by atoms with Crippen LogP contribution in [0.15, 0.2) is 30.3 Å². The van der Waals surface area contributed by atoms with E-state index in [1.807, 2.05) is 37.3 Å².